The van der Waals surface area contributed by atoms with Crippen LogP contribution in [0.15, 0.2) is 36.5 Å². The minimum Gasteiger partial charge on any atom is -0.476 e. The molecule has 0 saturated heterocycles. The molecule has 0 atom stereocenters. The molecule has 2 aromatic rings. The molecule has 0 fully saturated rings. The van der Waals surface area contributed by atoms with E-state index in [1.54, 1.807) is 6.20 Å². The lowest BCUT2D eigenvalue weighted by Gasteiger charge is -2.24. The highest BCUT2D eigenvalue weighted by Crippen LogP contribution is 2.23. The standard InChI is InChI=1S/C18H27N5O/c1-3-10-23(11-4-2)15-13-16(19)22-18(14-15)24-12-9-21-17-7-5-6-8-20-17/h5-8,13-14H,3-4,9-12H2,1-2H3,(H2,19,22)(H,20,21). The quantitative estimate of drug-likeness (QED) is 0.652. The Kier molecular flexibility index (Phi) is 7.14. The number of anilines is 3. The van der Waals surface area contributed by atoms with Gasteiger partial charge in [-0.3, -0.25) is 0 Å². The van der Waals surface area contributed by atoms with Crippen LogP contribution in [0.3, 0.4) is 0 Å². The van der Waals surface area contributed by atoms with Crippen molar-refractivity contribution in [1.29, 1.82) is 0 Å². The number of aromatic nitrogens is 2. The summed E-state index contributed by atoms with van der Waals surface area (Å²) in [6.07, 6.45) is 3.93. The van der Waals surface area contributed by atoms with Gasteiger partial charge in [0.25, 0.3) is 0 Å². The normalized spacial score (nSPS) is 10.4. The largest absolute Gasteiger partial charge is 0.476 e. The smallest absolute Gasteiger partial charge is 0.217 e. The van der Waals surface area contributed by atoms with E-state index < -0.39 is 0 Å². The minimum atomic E-state index is 0.484. The van der Waals surface area contributed by atoms with Crippen molar-refractivity contribution in [3.8, 4) is 5.88 Å². The van der Waals surface area contributed by atoms with Gasteiger partial charge in [-0.25, -0.2) is 4.98 Å². The molecule has 2 aromatic heterocycles. The van der Waals surface area contributed by atoms with Gasteiger partial charge in [-0.1, -0.05) is 19.9 Å². The van der Waals surface area contributed by atoms with Crippen LogP contribution >= 0.6 is 0 Å². The number of pyridine rings is 2. The molecule has 0 spiro atoms. The topological polar surface area (TPSA) is 76.3 Å². The molecule has 24 heavy (non-hydrogen) atoms. The van der Waals surface area contributed by atoms with E-state index in [2.05, 4.69) is 34.0 Å². The number of hydrogen-bond acceptors (Lipinski definition) is 6. The second-order valence-corrected chi connectivity index (χ2v) is 5.57. The van der Waals surface area contributed by atoms with Crippen LogP contribution in [0, 0.1) is 0 Å². The molecule has 6 nitrogen and oxygen atoms in total. The summed E-state index contributed by atoms with van der Waals surface area (Å²) in [6.45, 7) is 7.49. The second kappa shape index (κ2) is 9.60. The molecular formula is C18H27N5O. The fourth-order valence-electron chi connectivity index (χ4n) is 2.48. The van der Waals surface area contributed by atoms with Crippen molar-refractivity contribution in [2.75, 3.05) is 42.2 Å². The molecule has 0 bridgehead atoms. The van der Waals surface area contributed by atoms with Crippen molar-refractivity contribution in [3.63, 3.8) is 0 Å². The zero-order valence-corrected chi connectivity index (χ0v) is 14.5. The Morgan fingerprint density at radius 3 is 2.62 bits per heavy atom. The Labute approximate surface area is 144 Å². The molecule has 0 amide bonds. The van der Waals surface area contributed by atoms with Gasteiger partial charge in [-0.15, -0.1) is 0 Å². The minimum absolute atomic E-state index is 0.484. The molecule has 0 aromatic carbocycles. The summed E-state index contributed by atoms with van der Waals surface area (Å²) in [4.78, 5) is 10.8. The van der Waals surface area contributed by atoms with Crippen LogP contribution in [0.1, 0.15) is 26.7 Å². The second-order valence-electron chi connectivity index (χ2n) is 5.57. The molecule has 0 unspecified atom stereocenters. The van der Waals surface area contributed by atoms with E-state index in [4.69, 9.17) is 10.5 Å². The van der Waals surface area contributed by atoms with Gasteiger partial charge in [0, 0.05) is 37.1 Å². The third-order valence-corrected chi connectivity index (χ3v) is 3.48. The van der Waals surface area contributed by atoms with Gasteiger partial charge in [-0.05, 0) is 25.0 Å². The number of ether oxygens (including phenoxy) is 1. The van der Waals surface area contributed by atoms with E-state index >= 15 is 0 Å². The van der Waals surface area contributed by atoms with Crippen molar-refractivity contribution in [3.05, 3.63) is 36.5 Å². The third-order valence-electron chi connectivity index (χ3n) is 3.48. The highest BCUT2D eigenvalue weighted by molar-refractivity contribution is 5.55. The lowest BCUT2D eigenvalue weighted by Crippen LogP contribution is -2.25. The molecule has 0 aliphatic heterocycles. The van der Waals surface area contributed by atoms with Crippen molar-refractivity contribution in [2.45, 2.75) is 26.7 Å². The molecule has 0 saturated carbocycles. The lowest BCUT2D eigenvalue weighted by atomic mass is 10.3. The molecule has 6 heteroatoms. The first-order valence-electron chi connectivity index (χ1n) is 8.53. The monoisotopic (exact) mass is 329 g/mol. The van der Waals surface area contributed by atoms with Gasteiger partial charge in [-0.2, -0.15) is 4.98 Å². The number of nitrogens with zero attached hydrogens (tertiary/aromatic N) is 3. The lowest BCUT2D eigenvalue weighted by molar-refractivity contribution is 0.320. The van der Waals surface area contributed by atoms with Gasteiger partial charge < -0.3 is 20.7 Å². The van der Waals surface area contributed by atoms with Crippen molar-refractivity contribution >= 4 is 17.3 Å². The molecule has 2 heterocycles. The van der Waals surface area contributed by atoms with Crippen LogP contribution in [0.5, 0.6) is 5.88 Å². The fraction of sp³-hybridized carbons (Fsp3) is 0.444. The average Bonchev–Trinajstić information content (AvgIpc) is 2.59. The predicted molar refractivity (Wildman–Crippen MR) is 99.7 cm³/mol. The highest BCUT2D eigenvalue weighted by Gasteiger charge is 2.08. The van der Waals surface area contributed by atoms with E-state index in [1.807, 2.05) is 30.3 Å². The number of nitrogens with one attached hydrogen (secondary N) is 1. The van der Waals surface area contributed by atoms with Gasteiger partial charge in [0.15, 0.2) is 0 Å². The third kappa shape index (κ3) is 5.61. The number of nitrogen functional groups attached to an aromatic ring is 1. The maximum absolute atomic E-state index is 5.94. The SMILES string of the molecule is CCCN(CCC)c1cc(N)nc(OCCNc2ccccn2)c1. The molecule has 0 radical (unpaired) electrons. The summed E-state index contributed by atoms with van der Waals surface area (Å²) in [5.41, 5.74) is 7.01. The summed E-state index contributed by atoms with van der Waals surface area (Å²) in [5, 5.41) is 3.20. The molecule has 3 N–H and O–H groups in total. The first kappa shape index (κ1) is 17.8. The van der Waals surface area contributed by atoms with Crippen molar-refractivity contribution < 1.29 is 4.74 Å². The molecule has 0 aliphatic carbocycles. The molecular weight excluding hydrogens is 302 g/mol. The van der Waals surface area contributed by atoms with E-state index in [-0.39, 0.29) is 0 Å². The van der Waals surface area contributed by atoms with Crippen LogP contribution < -0.4 is 20.7 Å². The zero-order valence-electron chi connectivity index (χ0n) is 14.5. The van der Waals surface area contributed by atoms with Gasteiger partial charge >= 0.3 is 0 Å². The summed E-state index contributed by atoms with van der Waals surface area (Å²) in [5.74, 6) is 1.88. The first-order chi connectivity index (χ1) is 11.7. The molecule has 130 valence electrons. The number of hydrogen-bond donors (Lipinski definition) is 2. The maximum atomic E-state index is 5.94. The van der Waals surface area contributed by atoms with Crippen LogP contribution in [0.2, 0.25) is 0 Å². The van der Waals surface area contributed by atoms with Gasteiger partial charge in [0.05, 0.1) is 6.54 Å². The Morgan fingerprint density at radius 1 is 1.17 bits per heavy atom. The number of rotatable bonds is 10. The zero-order chi connectivity index (χ0) is 17.2. The van der Waals surface area contributed by atoms with E-state index in [1.165, 1.54) is 0 Å². The molecule has 0 aliphatic rings. The Bertz CT molecular complexity index is 600. The Balaban J connectivity index is 1.92. The van der Waals surface area contributed by atoms with Crippen LogP contribution in [0.25, 0.3) is 0 Å². The fourth-order valence-corrected chi connectivity index (χ4v) is 2.48. The predicted octanol–water partition coefficient (Wildman–Crippen LogP) is 3.18. The summed E-state index contributed by atoms with van der Waals surface area (Å²) in [6, 6.07) is 9.62. The van der Waals surface area contributed by atoms with E-state index in [0.717, 1.165) is 37.4 Å². The summed E-state index contributed by atoms with van der Waals surface area (Å²) < 4.78 is 5.75. The van der Waals surface area contributed by atoms with E-state index in [0.29, 0.717) is 24.8 Å². The summed E-state index contributed by atoms with van der Waals surface area (Å²) in [7, 11) is 0. The van der Waals surface area contributed by atoms with Crippen LogP contribution in [-0.2, 0) is 0 Å². The molecule has 2 rings (SSSR count). The van der Waals surface area contributed by atoms with Crippen molar-refractivity contribution in [2.24, 2.45) is 0 Å². The Morgan fingerprint density at radius 2 is 1.96 bits per heavy atom. The van der Waals surface area contributed by atoms with Crippen LogP contribution in [0.4, 0.5) is 17.3 Å². The van der Waals surface area contributed by atoms with Gasteiger partial charge in [0.1, 0.15) is 18.2 Å². The van der Waals surface area contributed by atoms with Crippen LogP contribution in [-0.4, -0.2) is 36.2 Å². The van der Waals surface area contributed by atoms with Gasteiger partial charge in [0.2, 0.25) is 5.88 Å². The average molecular weight is 329 g/mol. The highest BCUT2D eigenvalue weighted by atomic mass is 16.5. The first-order valence-corrected chi connectivity index (χ1v) is 8.53. The van der Waals surface area contributed by atoms with E-state index in [9.17, 15) is 0 Å². The maximum Gasteiger partial charge on any atom is 0.217 e. The van der Waals surface area contributed by atoms with Crippen molar-refractivity contribution in [1.82, 2.24) is 9.97 Å². The number of nitrogens with two attached hydrogens (primary N) is 1. The summed E-state index contributed by atoms with van der Waals surface area (Å²) >= 11 is 0. The Hall–Kier alpha value is -2.50.